The van der Waals surface area contributed by atoms with Gasteiger partial charge in [-0.05, 0) is 18.8 Å². The highest BCUT2D eigenvalue weighted by Gasteiger charge is 2.29. The molecule has 0 aromatic rings. The topological polar surface area (TPSA) is 24.4 Å². The molecule has 1 N–H and O–H groups in total. The minimum absolute atomic E-state index is 0.742. The third-order valence-electron chi connectivity index (χ3n) is 3.16. The van der Waals surface area contributed by atoms with Crippen LogP contribution in [0.25, 0.3) is 0 Å². The number of amidine groups is 1. The van der Waals surface area contributed by atoms with Gasteiger partial charge in [0.2, 0.25) is 0 Å². The van der Waals surface area contributed by atoms with Crippen LogP contribution in [-0.4, -0.2) is 23.0 Å². The first-order valence-electron chi connectivity index (χ1n) is 5.81. The molecule has 0 spiro atoms. The van der Waals surface area contributed by atoms with Gasteiger partial charge in [-0.15, -0.1) is 0 Å². The molecule has 0 aromatic heterocycles. The summed E-state index contributed by atoms with van der Waals surface area (Å²) in [6.07, 6.45) is 5.27. The van der Waals surface area contributed by atoms with Crippen LogP contribution in [-0.2, 0) is 0 Å². The van der Waals surface area contributed by atoms with E-state index in [4.69, 9.17) is 0 Å². The minimum atomic E-state index is 0.742. The Labute approximate surface area is 90.9 Å². The van der Waals surface area contributed by atoms with Gasteiger partial charge in [-0.1, -0.05) is 38.5 Å². The molecule has 0 bridgehead atoms. The Morgan fingerprint density at radius 3 is 2.71 bits per heavy atom. The second-order valence-electron chi connectivity index (χ2n) is 4.30. The summed E-state index contributed by atoms with van der Waals surface area (Å²) in [6, 6.07) is 0.752. The SMILES string of the molecule is CCC(CC)C1CN=C(NC2CC2)S1. The number of nitrogens with one attached hydrogen (secondary N) is 1. The molecule has 2 rings (SSSR count). The summed E-state index contributed by atoms with van der Waals surface area (Å²) in [5.74, 6) is 0.849. The van der Waals surface area contributed by atoms with E-state index >= 15 is 0 Å². The number of thioether (sulfide) groups is 1. The molecule has 0 amide bonds. The number of hydrogen-bond donors (Lipinski definition) is 1. The van der Waals surface area contributed by atoms with E-state index in [9.17, 15) is 0 Å². The van der Waals surface area contributed by atoms with Crippen LogP contribution in [0.3, 0.4) is 0 Å². The molecule has 0 aromatic carbocycles. The second kappa shape index (κ2) is 4.56. The first-order chi connectivity index (χ1) is 6.83. The van der Waals surface area contributed by atoms with Gasteiger partial charge in [0.1, 0.15) is 0 Å². The zero-order valence-corrected chi connectivity index (χ0v) is 9.94. The summed E-state index contributed by atoms with van der Waals surface area (Å²) < 4.78 is 0. The van der Waals surface area contributed by atoms with Crippen molar-refractivity contribution in [2.24, 2.45) is 10.9 Å². The van der Waals surface area contributed by atoms with Gasteiger partial charge in [0.25, 0.3) is 0 Å². The van der Waals surface area contributed by atoms with E-state index in [-0.39, 0.29) is 0 Å². The highest BCUT2D eigenvalue weighted by Crippen LogP contribution is 2.31. The summed E-state index contributed by atoms with van der Waals surface area (Å²) in [5.41, 5.74) is 0. The number of rotatable bonds is 4. The highest BCUT2D eigenvalue weighted by atomic mass is 32.2. The zero-order chi connectivity index (χ0) is 9.97. The van der Waals surface area contributed by atoms with Crippen molar-refractivity contribution < 1.29 is 0 Å². The van der Waals surface area contributed by atoms with Crippen molar-refractivity contribution in [2.45, 2.75) is 50.8 Å². The monoisotopic (exact) mass is 212 g/mol. The molecular formula is C11H20N2S. The lowest BCUT2D eigenvalue weighted by atomic mass is 9.99. The third kappa shape index (κ3) is 2.44. The molecule has 1 heterocycles. The van der Waals surface area contributed by atoms with Crippen LogP contribution >= 0.6 is 11.8 Å². The predicted molar refractivity (Wildman–Crippen MR) is 63.9 cm³/mol. The summed E-state index contributed by atoms with van der Waals surface area (Å²) in [5, 5.41) is 5.45. The van der Waals surface area contributed by atoms with Gasteiger partial charge < -0.3 is 5.32 Å². The van der Waals surface area contributed by atoms with Crippen molar-refractivity contribution in [3.05, 3.63) is 0 Å². The lowest BCUT2D eigenvalue weighted by Crippen LogP contribution is -2.23. The molecule has 1 fully saturated rings. The Kier molecular flexibility index (Phi) is 3.37. The van der Waals surface area contributed by atoms with E-state index in [1.165, 1.54) is 30.9 Å². The van der Waals surface area contributed by atoms with Crippen LogP contribution in [0.1, 0.15) is 39.5 Å². The van der Waals surface area contributed by atoms with E-state index in [1.807, 2.05) is 11.8 Å². The average Bonchev–Trinajstić information content (AvgIpc) is 2.88. The van der Waals surface area contributed by atoms with E-state index in [0.717, 1.165) is 23.8 Å². The fraction of sp³-hybridized carbons (Fsp3) is 0.909. The van der Waals surface area contributed by atoms with Gasteiger partial charge in [-0.3, -0.25) is 4.99 Å². The quantitative estimate of drug-likeness (QED) is 0.774. The van der Waals surface area contributed by atoms with Crippen LogP contribution in [0.5, 0.6) is 0 Å². The third-order valence-corrected chi connectivity index (χ3v) is 4.46. The maximum Gasteiger partial charge on any atom is 0.157 e. The van der Waals surface area contributed by atoms with Crippen molar-refractivity contribution in [3.8, 4) is 0 Å². The van der Waals surface area contributed by atoms with Crippen LogP contribution in [0.15, 0.2) is 4.99 Å². The Balaban J connectivity index is 1.78. The van der Waals surface area contributed by atoms with Gasteiger partial charge >= 0.3 is 0 Å². The predicted octanol–water partition coefficient (Wildman–Crippen LogP) is 2.65. The Morgan fingerprint density at radius 2 is 2.14 bits per heavy atom. The maximum atomic E-state index is 4.58. The molecule has 1 saturated carbocycles. The summed E-state index contributed by atoms with van der Waals surface area (Å²) >= 11 is 1.98. The van der Waals surface area contributed by atoms with Gasteiger partial charge in [0, 0.05) is 11.3 Å². The van der Waals surface area contributed by atoms with Crippen molar-refractivity contribution in [1.29, 1.82) is 0 Å². The lowest BCUT2D eigenvalue weighted by molar-refractivity contribution is 0.479. The smallest absolute Gasteiger partial charge is 0.157 e. The molecule has 1 aliphatic heterocycles. The van der Waals surface area contributed by atoms with Crippen LogP contribution in [0.4, 0.5) is 0 Å². The van der Waals surface area contributed by atoms with Crippen LogP contribution in [0, 0.1) is 5.92 Å². The molecule has 3 heteroatoms. The fourth-order valence-electron chi connectivity index (χ4n) is 1.93. The largest absolute Gasteiger partial charge is 0.362 e. The molecule has 1 unspecified atom stereocenters. The van der Waals surface area contributed by atoms with Crippen molar-refractivity contribution in [1.82, 2.24) is 5.32 Å². The maximum absolute atomic E-state index is 4.58. The number of nitrogens with zero attached hydrogens (tertiary/aromatic N) is 1. The van der Waals surface area contributed by atoms with Crippen LogP contribution < -0.4 is 5.32 Å². The Hall–Kier alpha value is -0.180. The minimum Gasteiger partial charge on any atom is -0.362 e. The zero-order valence-electron chi connectivity index (χ0n) is 9.12. The summed E-state index contributed by atoms with van der Waals surface area (Å²) in [6.45, 7) is 5.62. The first-order valence-corrected chi connectivity index (χ1v) is 6.69. The molecular weight excluding hydrogens is 192 g/mol. The fourth-order valence-corrected chi connectivity index (χ4v) is 3.33. The van der Waals surface area contributed by atoms with Crippen molar-refractivity contribution in [3.63, 3.8) is 0 Å². The normalized spacial score (nSPS) is 26.8. The first kappa shape index (κ1) is 10.3. The highest BCUT2D eigenvalue weighted by molar-refractivity contribution is 8.14. The van der Waals surface area contributed by atoms with Crippen molar-refractivity contribution >= 4 is 16.9 Å². The molecule has 14 heavy (non-hydrogen) atoms. The Morgan fingerprint density at radius 1 is 1.43 bits per heavy atom. The van der Waals surface area contributed by atoms with E-state index in [0.29, 0.717) is 0 Å². The molecule has 0 saturated heterocycles. The average molecular weight is 212 g/mol. The Bertz CT molecular complexity index is 219. The van der Waals surface area contributed by atoms with Gasteiger partial charge in [-0.2, -0.15) is 0 Å². The van der Waals surface area contributed by atoms with Crippen molar-refractivity contribution in [2.75, 3.05) is 6.54 Å². The molecule has 1 atom stereocenters. The van der Waals surface area contributed by atoms with Gasteiger partial charge in [0.15, 0.2) is 5.17 Å². The standard InChI is InChI=1S/C11H20N2S/c1-3-8(4-2)10-7-12-11(14-10)13-9-5-6-9/h8-10H,3-7H2,1-2H3,(H,12,13). The van der Waals surface area contributed by atoms with E-state index in [2.05, 4.69) is 24.2 Å². The summed E-state index contributed by atoms with van der Waals surface area (Å²) in [4.78, 5) is 4.58. The van der Waals surface area contributed by atoms with Gasteiger partial charge in [-0.25, -0.2) is 0 Å². The molecule has 0 radical (unpaired) electrons. The second-order valence-corrected chi connectivity index (χ2v) is 5.53. The number of aliphatic imine (C=N–C) groups is 1. The number of hydrogen-bond acceptors (Lipinski definition) is 3. The molecule has 2 nitrogen and oxygen atoms in total. The van der Waals surface area contributed by atoms with E-state index in [1.54, 1.807) is 0 Å². The molecule has 1 aliphatic carbocycles. The van der Waals surface area contributed by atoms with Gasteiger partial charge in [0.05, 0.1) is 6.54 Å². The molecule has 80 valence electrons. The summed E-state index contributed by atoms with van der Waals surface area (Å²) in [7, 11) is 0. The molecule has 2 aliphatic rings. The lowest BCUT2D eigenvalue weighted by Gasteiger charge is -2.18. The van der Waals surface area contributed by atoms with Crippen LogP contribution in [0.2, 0.25) is 0 Å². The van der Waals surface area contributed by atoms with E-state index < -0.39 is 0 Å².